The van der Waals surface area contributed by atoms with E-state index in [2.05, 4.69) is 16.3 Å². The molecule has 0 aromatic heterocycles. The molecule has 168 valence electrons. The lowest BCUT2D eigenvalue weighted by atomic mass is 10.1. The van der Waals surface area contributed by atoms with E-state index in [0.29, 0.717) is 29.7 Å². The minimum atomic E-state index is 0.397. The number of rotatable bonds is 8. The van der Waals surface area contributed by atoms with Gasteiger partial charge in [0.25, 0.3) is 0 Å². The van der Waals surface area contributed by atoms with Crippen LogP contribution in [-0.2, 0) is 17.9 Å². The van der Waals surface area contributed by atoms with Crippen molar-refractivity contribution in [3.05, 3.63) is 81.8 Å². The number of morpholine rings is 1. The van der Waals surface area contributed by atoms with E-state index >= 15 is 0 Å². The van der Waals surface area contributed by atoms with Crippen molar-refractivity contribution in [3.63, 3.8) is 0 Å². The number of hydrogen-bond donors (Lipinski definition) is 1. The standard InChI is InChI=1S/C25H26Cl2N2O3/c1-30-24-7-3-5-19(25(24)32-17-18-4-2-6-20(26)14-18)16-28-21-8-9-23(22(27)15-21)29-10-12-31-13-11-29/h2-9,14-15,28H,10-13,16-17H2,1H3. The van der Waals surface area contributed by atoms with Crippen LogP contribution in [0.5, 0.6) is 11.5 Å². The molecule has 32 heavy (non-hydrogen) atoms. The maximum Gasteiger partial charge on any atom is 0.166 e. The van der Waals surface area contributed by atoms with Crippen LogP contribution in [0.25, 0.3) is 0 Å². The van der Waals surface area contributed by atoms with E-state index in [4.69, 9.17) is 37.4 Å². The van der Waals surface area contributed by atoms with Gasteiger partial charge >= 0.3 is 0 Å². The molecule has 0 unspecified atom stereocenters. The van der Waals surface area contributed by atoms with E-state index in [0.717, 1.165) is 53.8 Å². The lowest BCUT2D eigenvalue weighted by Crippen LogP contribution is -2.36. The average molecular weight is 473 g/mol. The molecule has 0 atom stereocenters. The van der Waals surface area contributed by atoms with Crippen LogP contribution in [0.15, 0.2) is 60.7 Å². The van der Waals surface area contributed by atoms with Gasteiger partial charge in [0.05, 0.1) is 31.0 Å². The van der Waals surface area contributed by atoms with Gasteiger partial charge in [0.2, 0.25) is 0 Å². The van der Waals surface area contributed by atoms with Gasteiger partial charge in [-0.1, -0.05) is 47.5 Å². The van der Waals surface area contributed by atoms with Crippen molar-refractivity contribution in [3.8, 4) is 11.5 Å². The molecule has 7 heteroatoms. The quantitative estimate of drug-likeness (QED) is 0.433. The van der Waals surface area contributed by atoms with E-state index in [1.807, 2.05) is 54.6 Å². The molecule has 1 heterocycles. The predicted octanol–water partition coefficient (Wildman–Crippen LogP) is 6.03. The zero-order valence-electron chi connectivity index (χ0n) is 17.9. The molecule has 0 bridgehead atoms. The first-order chi connectivity index (χ1) is 15.6. The van der Waals surface area contributed by atoms with Crippen molar-refractivity contribution in [1.29, 1.82) is 0 Å². The number of methoxy groups -OCH3 is 1. The van der Waals surface area contributed by atoms with Crippen LogP contribution in [0, 0.1) is 0 Å². The Bertz CT molecular complexity index is 1060. The van der Waals surface area contributed by atoms with E-state index in [1.54, 1.807) is 7.11 Å². The SMILES string of the molecule is COc1cccc(CNc2ccc(N3CCOCC3)c(Cl)c2)c1OCc1cccc(Cl)c1. The van der Waals surface area contributed by atoms with Gasteiger partial charge in [-0.2, -0.15) is 0 Å². The minimum absolute atomic E-state index is 0.397. The number of para-hydroxylation sites is 1. The van der Waals surface area contributed by atoms with Gasteiger partial charge in [-0.15, -0.1) is 0 Å². The Morgan fingerprint density at radius 3 is 2.56 bits per heavy atom. The third-order valence-corrected chi connectivity index (χ3v) is 5.87. The highest BCUT2D eigenvalue weighted by atomic mass is 35.5. The lowest BCUT2D eigenvalue weighted by molar-refractivity contribution is 0.122. The molecule has 1 saturated heterocycles. The molecule has 0 spiro atoms. The largest absolute Gasteiger partial charge is 0.493 e. The molecule has 3 aromatic carbocycles. The zero-order chi connectivity index (χ0) is 22.3. The van der Waals surface area contributed by atoms with Gasteiger partial charge in [-0.05, 0) is 42.0 Å². The number of nitrogens with zero attached hydrogens (tertiary/aromatic N) is 1. The van der Waals surface area contributed by atoms with E-state index in [9.17, 15) is 0 Å². The summed E-state index contributed by atoms with van der Waals surface area (Å²) in [6.07, 6.45) is 0. The second kappa shape index (κ2) is 10.8. The Balaban J connectivity index is 1.46. The predicted molar refractivity (Wildman–Crippen MR) is 131 cm³/mol. The highest BCUT2D eigenvalue weighted by Gasteiger charge is 2.15. The van der Waals surface area contributed by atoms with Crippen LogP contribution in [0.3, 0.4) is 0 Å². The third kappa shape index (κ3) is 5.60. The normalized spacial score (nSPS) is 13.7. The molecule has 0 amide bonds. The number of ether oxygens (including phenoxy) is 3. The van der Waals surface area contributed by atoms with Crippen LogP contribution >= 0.6 is 23.2 Å². The molecule has 0 radical (unpaired) electrons. The van der Waals surface area contributed by atoms with Gasteiger partial charge in [0.15, 0.2) is 11.5 Å². The lowest BCUT2D eigenvalue weighted by Gasteiger charge is -2.29. The van der Waals surface area contributed by atoms with Gasteiger partial charge in [0.1, 0.15) is 6.61 Å². The first kappa shape index (κ1) is 22.6. The molecule has 4 rings (SSSR count). The number of nitrogens with one attached hydrogen (secondary N) is 1. The van der Waals surface area contributed by atoms with E-state index in [1.165, 1.54) is 0 Å². The van der Waals surface area contributed by atoms with Crippen LogP contribution in [0.1, 0.15) is 11.1 Å². The van der Waals surface area contributed by atoms with Crippen molar-refractivity contribution < 1.29 is 14.2 Å². The summed E-state index contributed by atoms with van der Waals surface area (Å²) in [5.41, 5.74) is 3.95. The highest BCUT2D eigenvalue weighted by molar-refractivity contribution is 6.33. The summed E-state index contributed by atoms with van der Waals surface area (Å²) in [5, 5.41) is 4.85. The maximum atomic E-state index is 6.58. The van der Waals surface area contributed by atoms with Gasteiger partial charge in [-0.25, -0.2) is 0 Å². The summed E-state index contributed by atoms with van der Waals surface area (Å²) in [6.45, 7) is 4.12. The molecule has 1 aliphatic heterocycles. The Morgan fingerprint density at radius 1 is 1.00 bits per heavy atom. The summed E-state index contributed by atoms with van der Waals surface area (Å²) >= 11 is 12.7. The van der Waals surface area contributed by atoms with E-state index < -0.39 is 0 Å². The summed E-state index contributed by atoms with van der Waals surface area (Å²) in [4.78, 5) is 2.25. The van der Waals surface area contributed by atoms with Crippen LogP contribution in [0.4, 0.5) is 11.4 Å². The minimum Gasteiger partial charge on any atom is -0.493 e. The molecule has 5 nitrogen and oxygen atoms in total. The molecule has 0 aliphatic carbocycles. The van der Waals surface area contributed by atoms with Crippen LogP contribution < -0.4 is 19.7 Å². The first-order valence-corrected chi connectivity index (χ1v) is 11.3. The topological polar surface area (TPSA) is 43.0 Å². The van der Waals surface area contributed by atoms with Gasteiger partial charge < -0.3 is 24.4 Å². The van der Waals surface area contributed by atoms with Gasteiger partial charge in [0, 0.05) is 35.9 Å². The van der Waals surface area contributed by atoms with Crippen molar-refractivity contribution in [2.75, 3.05) is 43.6 Å². The van der Waals surface area contributed by atoms with Crippen LogP contribution in [0.2, 0.25) is 10.0 Å². The summed E-state index contributed by atoms with van der Waals surface area (Å²) in [5.74, 6) is 1.39. The van der Waals surface area contributed by atoms with Crippen molar-refractivity contribution >= 4 is 34.6 Å². The number of hydrogen-bond acceptors (Lipinski definition) is 5. The smallest absolute Gasteiger partial charge is 0.166 e. The Morgan fingerprint density at radius 2 is 1.81 bits per heavy atom. The molecule has 1 fully saturated rings. The molecular formula is C25H26Cl2N2O3. The molecule has 0 saturated carbocycles. The third-order valence-electron chi connectivity index (χ3n) is 5.33. The molecule has 1 aliphatic rings. The molecular weight excluding hydrogens is 447 g/mol. The molecule has 1 N–H and O–H groups in total. The van der Waals surface area contributed by atoms with E-state index in [-0.39, 0.29) is 0 Å². The van der Waals surface area contributed by atoms with Crippen LogP contribution in [-0.4, -0.2) is 33.4 Å². The zero-order valence-corrected chi connectivity index (χ0v) is 19.5. The second-order valence-electron chi connectivity index (χ2n) is 7.49. The average Bonchev–Trinajstić information content (AvgIpc) is 2.82. The van der Waals surface area contributed by atoms with Crippen molar-refractivity contribution in [2.45, 2.75) is 13.2 Å². The number of benzene rings is 3. The fourth-order valence-electron chi connectivity index (χ4n) is 3.68. The number of anilines is 2. The van der Waals surface area contributed by atoms with Gasteiger partial charge in [-0.3, -0.25) is 0 Å². The summed E-state index contributed by atoms with van der Waals surface area (Å²) in [6, 6.07) is 19.6. The highest BCUT2D eigenvalue weighted by Crippen LogP contribution is 2.34. The second-order valence-corrected chi connectivity index (χ2v) is 8.33. The Hall–Kier alpha value is -2.60. The Kier molecular flexibility index (Phi) is 7.63. The monoisotopic (exact) mass is 472 g/mol. The summed E-state index contributed by atoms with van der Waals surface area (Å²) < 4.78 is 17.1. The maximum absolute atomic E-state index is 6.58. The molecule has 3 aromatic rings. The first-order valence-electron chi connectivity index (χ1n) is 10.5. The number of halogens is 2. The summed E-state index contributed by atoms with van der Waals surface area (Å²) in [7, 11) is 1.64. The fourth-order valence-corrected chi connectivity index (χ4v) is 4.20. The fraction of sp³-hybridized carbons (Fsp3) is 0.280. The van der Waals surface area contributed by atoms with Crippen molar-refractivity contribution in [1.82, 2.24) is 0 Å². The van der Waals surface area contributed by atoms with Crippen molar-refractivity contribution in [2.24, 2.45) is 0 Å². The Labute approximate surface area is 198 Å².